The number of nitrogens with zero attached hydrogens (tertiary/aromatic N) is 1. The van der Waals surface area contributed by atoms with Gasteiger partial charge in [0, 0.05) is 12.6 Å². The number of amides is 1. The molecule has 1 saturated heterocycles. The lowest BCUT2D eigenvalue weighted by Gasteiger charge is -2.25. The largest absolute Gasteiger partial charge is 0.497 e. The van der Waals surface area contributed by atoms with Crippen LogP contribution in [0, 0.1) is 11.6 Å². The fourth-order valence-corrected chi connectivity index (χ4v) is 3.00. The molecule has 1 heterocycles. The van der Waals surface area contributed by atoms with Gasteiger partial charge in [0.25, 0.3) is 5.91 Å². The van der Waals surface area contributed by atoms with Crippen molar-refractivity contribution in [1.82, 2.24) is 4.90 Å². The van der Waals surface area contributed by atoms with Crippen molar-refractivity contribution >= 4 is 5.91 Å². The van der Waals surface area contributed by atoms with E-state index in [2.05, 4.69) is 0 Å². The van der Waals surface area contributed by atoms with E-state index in [-0.39, 0.29) is 11.6 Å². The summed E-state index contributed by atoms with van der Waals surface area (Å²) in [5.74, 6) is -1.17. The van der Waals surface area contributed by atoms with Crippen molar-refractivity contribution in [3.8, 4) is 5.75 Å². The summed E-state index contributed by atoms with van der Waals surface area (Å²) in [7, 11) is 1.59. The molecule has 0 saturated carbocycles. The van der Waals surface area contributed by atoms with Crippen molar-refractivity contribution in [3.63, 3.8) is 0 Å². The standard InChI is InChI=1S/C18H17F2NO2/c1-23-14-7-4-12(5-8-14)17-3-2-10-21(17)18(22)15-9-6-13(19)11-16(15)20/h4-9,11,17H,2-3,10H2,1H3. The van der Waals surface area contributed by atoms with Gasteiger partial charge in [0.1, 0.15) is 17.4 Å². The van der Waals surface area contributed by atoms with E-state index in [1.807, 2.05) is 24.3 Å². The van der Waals surface area contributed by atoms with Gasteiger partial charge >= 0.3 is 0 Å². The average Bonchev–Trinajstić information content (AvgIpc) is 3.04. The SMILES string of the molecule is COc1ccc(C2CCCN2C(=O)c2ccc(F)cc2F)cc1. The van der Waals surface area contributed by atoms with Crippen molar-refractivity contribution in [3.05, 3.63) is 65.2 Å². The Balaban J connectivity index is 1.86. The molecule has 3 rings (SSSR count). The number of likely N-dealkylation sites (tertiary alicyclic amines) is 1. The molecule has 1 aliphatic rings. The van der Waals surface area contributed by atoms with Crippen LogP contribution in [0.3, 0.4) is 0 Å². The van der Waals surface area contributed by atoms with Crippen LogP contribution < -0.4 is 4.74 Å². The number of methoxy groups -OCH3 is 1. The minimum absolute atomic E-state index is 0.0909. The third-order valence-corrected chi connectivity index (χ3v) is 4.18. The minimum atomic E-state index is -0.824. The molecule has 0 aromatic heterocycles. The predicted molar refractivity (Wildman–Crippen MR) is 82.4 cm³/mol. The summed E-state index contributed by atoms with van der Waals surface area (Å²) in [6.45, 7) is 0.562. The lowest BCUT2D eigenvalue weighted by atomic mass is 10.0. The highest BCUT2D eigenvalue weighted by molar-refractivity contribution is 5.95. The van der Waals surface area contributed by atoms with Crippen LogP contribution in [0.5, 0.6) is 5.75 Å². The molecule has 0 bridgehead atoms. The molecule has 0 aliphatic carbocycles. The van der Waals surface area contributed by atoms with Crippen molar-refractivity contribution in [2.24, 2.45) is 0 Å². The summed E-state index contributed by atoms with van der Waals surface area (Å²) in [5.41, 5.74) is 0.894. The Morgan fingerprint density at radius 2 is 1.91 bits per heavy atom. The van der Waals surface area contributed by atoms with E-state index in [0.29, 0.717) is 6.54 Å². The van der Waals surface area contributed by atoms with E-state index < -0.39 is 17.5 Å². The quantitative estimate of drug-likeness (QED) is 0.858. The van der Waals surface area contributed by atoms with E-state index in [4.69, 9.17) is 4.74 Å². The van der Waals surface area contributed by atoms with Gasteiger partial charge in [-0.3, -0.25) is 4.79 Å². The van der Waals surface area contributed by atoms with E-state index in [1.165, 1.54) is 6.07 Å². The first kappa shape index (κ1) is 15.5. The lowest BCUT2D eigenvalue weighted by molar-refractivity contribution is 0.0731. The average molecular weight is 317 g/mol. The molecule has 23 heavy (non-hydrogen) atoms. The van der Waals surface area contributed by atoms with Crippen molar-refractivity contribution < 1.29 is 18.3 Å². The summed E-state index contributed by atoms with van der Waals surface area (Å²) in [6.07, 6.45) is 1.67. The first-order chi connectivity index (χ1) is 11.1. The van der Waals surface area contributed by atoms with Crippen LogP contribution >= 0.6 is 0 Å². The zero-order valence-electron chi connectivity index (χ0n) is 12.8. The number of benzene rings is 2. The first-order valence-corrected chi connectivity index (χ1v) is 7.50. The molecule has 5 heteroatoms. The number of hydrogen-bond acceptors (Lipinski definition) is 2. The zero-order chi connectivity index (χ0) is 16.4. The molecule has 0 radical (unpaired) electrons. The molecule has 1 atom stereocenters. The molecule has 3 nitrogen and oxygen atoms in total. The zero-order valence-corrected chi connectivity index (χ0v) is 12.8. The van der Waals surface area contributed by atoms with Gasteiger partial charge < -0.3 is 9.64 Å². The van der Waals surface area contributed by atoms with Gasteiger partial charge in [-0.1, -0.05) is 12.1 Å². The molecule has 0 N–H and O–H groups in total. The molecular formula is C18H17F2NO2. The Labute approximate surface area is 133 Å². The van der Waals surface area contributed by atoms with Gasteiger partial charge in [0.05, 0.1) is 18.7 Å². The normalized spacial score (nSPS) is 17.3. The summed E-state index contributed by atoms with van der Waals surface area (Å²) in [4.78, 5) is 14.3. The fourth-order valence-electron chi connectivity index (χ4n) is 3.00. The summed E-state index contributed by atoms with van der Waals surface area (Å²) >= 11 is 0. The Morgan fingerprint density at radius 1 is 1.17 bits per heavy atom. The second-order valence-corrected chi connectivity index (χ2v) is 5.55. The fraction of sp³-hybridized carbons (Fsp3) is 0.278. The minimum Gasteiger partial charge on any atom is -0.497 e. The van der Waals surface area contributed by atoms with Crippen LogP contribution in [0.15, 0.2) is 42.5 Å². The molecule has 2 aromatic carbocycles. The smallest absolute Gasteiger partial charge is 0.257 e. The van der Waals surface area contributed by atoms with Gasteiger partial charge in [0.15, 0.2) is 0 Å². The maximum absolute atomic E-state index is 13.9. The Hall–Kier alpha value is -2.43. The van der Waals surface area contributed by atoms with Crippen LogP contribution in [-0.2, 0) is 0 Å². The lowest BCUT2D eigenvalue weighted by Crippen LogP contribution is -2.31. The molecule has 2 aromatic rings. The third kappa shape index (κ3) is 3.04. The van der Waals surface area contributed by atoms with Gasteiger partial charge in [-0.05, 0) is 42.7 Å². The number of rotatable bonds is 3. The molecule has 120 valence electrons. The van der Waals surface area contributed by atoms with Crippen LogP contribution in [0.4, 0.5) is 8.78 Å². The van der Waals surface area contributed by atoms with Crippen molar-refractivity contribution in [2.75, 3.05) is 13.7 Å². The molecule has 0 spiro atoms. The van der Waals surface area contributed by atoms with E-state index in [0.717, 1.165) is 36.3 Å². The first-order valence-electron chi connectivity index (χ1n) is 7.50. The maximum atomic E-state index is 13.9. The maximum Gasteiger partial charge on any atom is 0.257 e. The topological polar surface area (TPSA) is 29.5 Å². The number of halogens is 2. The third-order valence-electron chi connectivity index (χ3n) is 4.18. The van der Waals surface area contributed by atoms with Gasteiger partial charge in [0.2, 0.25) is 0 Å². The summed E-state index contributed by atoms with van der Waals surface area (Å²) in [6, 6.07) is 10.5. The Kier molecular flexibility index (Phi) is 4.28. The number of carbonyl (C=O) groups is 1. The van der Waals surface area contributed by atoms with Crippen LogP contribution in [0.1, 0.15) is 34.8 Å². The molecule has 1 unspecified atom stereocenters. The van der Waals surface area contributed by atoms with Crippen molar-refractivity contribution in [2.45, 2.75) is 18.9 Å². The highest BCUT2D eigenvalue weighted by atomic mass is 19.1. The number of hydrogen-bond donors (Lipinski definition) is 0. The van der Waals surface area contributed by atoms with Crippen LogP contribution in [0.2, 0.25) is 0 Å². The predicted octanol–water partition coefficient (Wildman–Crippen LogP) is 3.95. The van der Waals surface area contributed by atoms with Crippen molar-refractivity contribution in [1.29, 1.82) is 0 Å². The number of carbonyl (C=O) groups excluding carboxylic acids is 1. The Morgan fingerprint density at radius 3 is 2.57 bits per heavy atom. The van der Waals surface area contributed by atoms with Gasteiger partial charge in [-0.2, -0.15) is 0 Å². The van der Waals surface area contributed by atoms with E-state index >= 15 is 0 Å². The highest BCUT2D eigenvalue weighted by Gasteiger charge is 2.31. The Bertz CT molecular complexity index is 715. The molecule has 1 aliphatic heterocycles. The number of ether oxygens (including phenoxy) is 1. The van der Waals surface area contributed by atoms with Gasteiger partial charge in [-0.15, -0.1) is 0 Å². The van der Waals surface area contributed by atoms with Gasteiger partial charge in [-0.25, -0.2) is 8.78 Å². The second kappa shape index (κ2) is 6.36. The molecular weight excluding hydrogens is 300 g/mol. The van der Waals surface area contributed by atoms with E-state index in [9.17, 15) is 13.6 Å². The molecule has 1 fully saturated rings. The summed E-state index contributed by atoms with van der Waals surface area (Å²) in [5, 5.41) is 0. The monoisotopic (exact) mass is 317 g/mol. The highest BCUT2D eigenvalue weighted by Crippen LogP contribution is 2.34. The van der Waals surface area contributed by atoms with E-state index in [1.54, 1.807) is 12.0 Å². The summed E-state index contributed by atoms with van der Waals surface area (Å²) < 4.78 is 32.0. The second-order valence-electron chi connectivity index (χ2n) is 5.55. The van der Waals surface area contributed by atoms with Crippen LogP contribution in [-0.4, -0.2) is 24.5 Å². The van der Waals surface area contributed by atoms with Crippen LogP contribution in [0.25, 0.3) is 0 Å². The molecule has 1 amide bonds.